The standard InChI is InChI=1S/C19H18N6O6S2.Na/c1-24-19(21-22-23-24)33-8-11-7-32-17-12(16(28)25(17)13(11)18(29)30)20-15(27)14(31-9-26)10-5-3-2-4-6-10;/h2-6,9,12,14,17H,7-8H2,1H3,(H,20,27)(H,29,30);/q;+1/p-1/t12?,14-,17?;/m1./s1. The Morgan fingerprint density at radius 2 is 2.12 bits per heavy atom. The molecule has 2 amide bonds. The fraction of sp³-hybridized carbons (Fsp3) is 0.316. The zero-order valence-electron chi connectivity index (χ0n) is 18.1. The molecular weight excluding hydrogens is 495 g/mol. The number of benzene rings is 1. The van der Waals surface area contributed by atoms with Crippen molar-refractivity contribution in [3.05, 3.63) is 47.2 Å². The summed E-state index contributed by atoms with van der Waals surface area (Å²) in [6, 6.07) is 7.39. The van der Waals surface area contributed by atoms with E-state index in [0.717, 1.165) is 4.90 Å². The summed E-state index contributed by atoms with van der Waals surface area (Å²) >= 11 is 2.55. The van der Waals surface area contributed by atoms with Crippen molar-refractivity contribution in [1.29, 1.82) is 0 Å². The number of ether oxygens (including phenoxy) is 1. The van der Waals surface area contributed by atoms with Gasteiger partial charge in [-0.25, -0.2) is 4.68 Å². The van der Waals surface area contributed by atoms with E-state index in [1.54, 1.807) is 37.4 Å². The number of rotatable bonds is 9. The molecule has 15 heteroatoms. The van der Waals surface area contributed by atoms with Crippen LogP contribution in [0.25, 0.3) is 0 Å². The number of fused-ring (bicyclic) bond motifs is 1. The number of nitrogens with one attached hydrogen (secondary N) is 1. The molecule has 3 atom stereocenters. The molecule has 0 saturated carbocycles. The number of nitrogens with zero attached hydrogens (tertiary/aromatic N) is 5. The maximum Gasteiger partial charge on any atom is 1.00 e. The summed E-state index contributed by atoms with van der Waals surface area (Å²) in [5.74, 6) is -2.17. The van der Waals surface area contributed by atoms with E-state index in [1.807, 2.05) is 0 Å². The van der Waals surface area contributed by atoms with Gasteiger partial charge in [-0.1, -0.05) is 42.1 Å². The quantitative estimate of drug-likeness (QED) is 0.150. The van der Waals surface area contributed by atoms with Gasteiger partial charge in [0, 0.05) is 24.1 Å². The number of hydrogen-bond donors (Lipinski definition) is 1. The smallest absolute Gasteiger partial charge is 0.543 e. The van der Waals surface area contributed by atoms with Crippen LogP contribution in [-0.4, -0.2) is 72.3 Å². The molecule has 2 aliphatic heterocycles. The molecular formula is C19H17N6NaO6S2. The molecule has 172 valence electrons. The van der Waals surface area contributed by atoms with Crippen molar-refractivity contribution >= 4 is 47.8 Å². The number of thioether (sulfide) groups is 2. The fourth-order valence-corrected chi connectivity index (χ4v) is 5.82. The predicted octanol–water partition coefficient (Wildman–Crippen LogP) is -4.38. The molecule has 1 N–H and O–H groups in total. The van der Waals surface area contributed by atoms with Crippen LogP contribution in [0.15, 0.2) is 46.8 Å². The van der Waals surface area contributed by atoms with Crippen LogP contribution in [0.4, 0.5) is 0 Å². The third kappa shape index (κ3) is 5.15. The Kier molecular flexibility index (Phi) is 8.76. The normalized spacial score (nSPS) is 19.9. The van der Waals surface area contributed by atoms with Crippen molar-refractivity contribution in [2.45, 2.75) is 22.7 Å². The number of carbonyl (C=O) groups is 4. The maximum atomic E-state index is 12.8. The summed E-state index contributed by atoms with van der Waals surface area (Å²) in [6.45, 7) is 0.162. The van der Waals surface area contributed by atoms with Gasteiger partial charge in [-0.3, -0.25) is 19.3 Å². The SMILES string of the molecule is Cn1nnnc1SCC1=C(C(=O)[O-])N2C(=O)C(NC(=O)[C@H](OC=O)c3ccccc3)C2SC1.[Na+]. The molecule has 2 aliphatic rings. The minimum Gasteiger partial charge on any atom is -0.543 e. The van der Waals surface area contributed by atoms with E-state index in [2.05, 4.69) is 20.8 Å². The Hall–Kier alpha value is -2.39. The molecule has 1 aromatic carbocycles. The van der Waals surface area contributed by atoms with E-state index in [9.17, 15) is 24.3 Å². The van der Waals surface area contributed by atoms with Gasteiger partial charge in [0.1, 0.15) is 11.4 Å². The van der Waals surface area contributed by atoms with Crippen LogP contribution in [0, 0.1) is 0 Å². The molecule has 1 fully saturated rings. The van der Waals surface area contributed by atoms with Gasteiger partial charge in [-0.15, -0.1) is 16.9 Å². The number of carboxylic acids is 1. The largest absolute Gasteiger partial charge is 1.00 e. The van der Waals surface area contributed by atoms with Gasteiger partial charge in [-0.05, 0) is 16.0 Å². The minimum absolute atomic E-state index is 0. The first-order chi connectivity index (χ1) is 15.9. The van der Waals surface area contributed by atoms with Crippen LogP contribution < -0.4 is 40.0 Å². The summed E-state index contributed by atoms with van der Waals surface area (Å²) < 4.78 is 6.38. The van der Waals surface area contributed by atoms with E-state index in [0.29, 0.717) is 22.0 Å². The molecule has 12 nitrogen and oxygen atoms in total. The molecule has 3 heterocycles. The molecule has 0 radical (unpaired) electrons. The molecule has 1 saturated heterocycles. The molecule has 1 aromatic heterocycles. The van der Waals surface area contributed by atoms with Gasteiger partial charge in [-0.2, -0.15) is 0 Å². The number of tetrazole rings is 1. The Labute approximate surface area is 224 Å². The zero-order valence-corrected chi connectivity index (χ0v) is 21.7. The number of carboxylic acid groups (broad SMARTS) is 1. The summed E-state index contributed by atoms with van der Waals surface area (Å²) in [5.41, 5.74) is 0.726. The summed E-state index contributed by atoms with van der Waals surface area (Å²) in [5, 5.41) is 25.4. The van der Waals surface area contributed by atoms with Crippen LogP contribution >= 0.6 is 23.5 Å². The van der Waals surface area contributed by atoms with E-state index in [-0.39, 0.29) is 47.5 Å². The van der Waals surface area contributed by atoms with Crippen LogP contribution in [-0.2, 0) is 31.0 Å². The zero-order chi connectivity index (χ0) is 23.5. The van der Waals surface area contributed by atoms with Crippen molar-refractivity contribution in [1.82, 2.24) is 30.4 Å². The van der Waals surface area contributed by atoms with Crippen molar-refractivity contribution < 1.29 is 58.6 Å². The number of β-lactam (4-membered cyclic amide) rings is 1. The molecule has 4 rings (SSSR count). The predicted molar refractivity (Wildman–Crippen MR) is 113 cm³/mol. The third-order valence-corrected chi connectivity index (χ3v) is 7.46. The van der Waals surface area contributed by atoms with Gasteiger partial charge in [0.05, 0.1) is 11.7 Å². The number of carbonyl (C=O) groups excluding carboxylic acids is 4. The molecule has 0 bridgehead atoms. The number of hydrogen-bond acceptors (Lipinski definition) is 11. The van der Waals surface area contributed by atoms with Crippen molar-refractivity contribution in [3.8, 4) is 0 Å². The van der Waals surface area contributed by atoms with Gasteiger partial charge in [0.25, 0.3) is 18.3 Å². The van der Waals surface area contributed by atoms with Gasteiger partial charge in [0.15, 0.2) is 0 Å². The monoisotopic (exact) mass is 512 g/mol. The second-order valence-electron chi connectivity index (χ2n) is 7.03. The van der Waals surface area contributed by atoms with Crippen LogP contribution in [0.2, 0.25) is 0 Å². The molecule has 2 unspecified atom stereocenters. The Morgan fingerprint density at radius 3 is 2.74 bits per heavy atom. The van der Waals surface area contributed by atoms with Crippen molar-refractivity contribution in [2.24, 2.45) is 7.05 Å². The van der Waals surface area contributed by atoms with Crippen LogP contribution in [0.5, 0.6) is 0 Å². The van der Waals surface area contributed by atoms with Gasteiger partial charge in [0.2, 0.25) is 11.3 Å². The average Bonchev–Trinajstić information content (AvgIpc) is 3.23. The minimum atomic E-state index is -1.48. The Balaban J connectivity index is 0.00000324. The number of aliphatic carboxylic acids is 1. The maximum absolute atomic E-state index is 12.8. The first-order valence-corrected chi connectivity index (χ1v) is 11.6. The van der Waals surface area contributed by atoms with E-state index in [4.69, 9.17) is 4.74 Å². The van der Waals surface area contributed by atoms with Gasteiger partial charge < -0.3 is 20.0 Å². The molecule has 34 heavy (non-hydrogen) atoms. The number of aromatic nitrogens is 4. The second kappa shape index (κ2) is 11.4. The molecule has 0 spiro atoms. The third-order valence-electron chi connectivity index (χ3n) is 5.03. The van der Waals surface area contributed by atoms with E-state index in [1.165, 1.54) is 28.2 Å². The number of aryl methyl sites for hydroxylation is 1. The average molecular weight is 513 g/mol. The molecule has 2 aromatic rings. The summed E-state index contributed by atoms with van der Waals surface area (Å²) in [7, 11) is 1.66. The van der Waals surface area contributed by atoms with Crippen LogP contribution in [0.3, 0.4) is 0 Å². The van der Waals surface area contributed by atoms with Crippen molar-refractivity contribution in [3.63, 3.8) is 0 Å². The first kappa shape index (κ1) is 26.2. The first-order valence-electron chi connectivity index (χ1n) is 9.60. The summed E-state index contributed by atoms with van der Waals surface area (Å²) in [6.07, 6.45) is -1.23. The Morgan fingerprint density at radius 1 is 1.38 bits per heavy atom. The van der Waals surface area contributed by atoms with Crippen molar-refractivity contribution in [2.75, 3.05) is 11.5 Å². The summed E-state index contributed by atoms with van der Waals surface area (Å²) in [4.78, 5) is 49.5. The fourth-order valence-electron chi connectivity index (χ4n) is 3.48. The number of amides is 2. The van der Waals surface area contributed by atoms with Crippen LogP contribution in [0.1, 0.15) is 11.7 Å². The molecule has 0 aliphatic carbocycles. The topological polar surface area (TPSA) is 159 Å². The van der Waals surface area contributed by atoms with E-state index < -0.39 is 35.3 Å². The van der Waals surface area contributed by atoms with Gasteiger partial charge >= 0.3 is 29.6 Å². The second-order valence-corrected chi connectivity index (χ2v) is 9.08. The Bertz CT molecular complexity index is 1130. The van der Waals surface area contributed by atoms with E-state index >= 15 is 0 Å².